The molecule has 0 radical (unpaired) electrons. The van der Waals surface area contributed by atoms with Crippen LogP contribution in [0, 0.1) is 29.6 Å². The molecule has 1 aromatic carbocycles. The number of aromatic nitrogens is 1. The van der Waals surface area contributed by atoms with Crippen LogP contribution in [-0.4, -0.2) is 58.6 Å². The second-order valence-corrected chi connectivity index (χ2v) is 17.1. The maximum Gasteiger partial charge on any atom is 0.331 e. The van der Waals surface area contributed by atoms with Gasteiger partial charge in [-0.1, -0.05) is 46.1 Å². The predicted molar refractivity (Wildman–Crippen MR) is 188 cm³/mol. The molecule has 12 heteroatoms. The Hall–Kier alpha value is -2.14. The molecular weight excluding hydrogens is 683 g/mol. The fraction of sp³-hybridized carbons (Fsp3) is 0.500. The number of thiophene rings is 1. The molecule has 9 rings (SSSR count). The van der Waals surface area contributed by atoms with Crippen LogP contribution in [0.15, 0.2) is 29.2 Å². The number of fused-ring (bicyclic) bond motifs is 1. The first-order valence-electron chi connectivity index (χ1n) is 16.1. The quantitative estimate of drug-likeness (QED) is 0.238. The molecular formula is C34H35Cl3N4O3S2. The molecule has 2 aliphatic heterocycles. The van der Waals surface area contributed by atoms with Crippen molar-refractivity contribution in [2.75, 3.05) is 29.9 Å². The molecule has 0 spiro atoms. The van der Waals surface area contributed by atoms with Crippen LogP contribution in [0.4, 0.5) is 10.1 Å². The number of nitrogens with one attached hydrogen (secondary N) is 1. The van der Waals surface area contributed by atoms with Crippen molar-refractivity contribution in [1.82, 2.24) is 9.88 Å². The van der Waals surface area contributed by atoms with Crippen molar-refractivity contribution in [3.63, 3.8) is 0 Å². The highest BCUT2D eigenvalue weighted by molar-refractivity contribution is 7.21. The smallest absolute Gasteiger partial charge is 0.331 e. The number of anilines is 2. The second kappa shape index (κ2) is 12.1. The van der Waals surface area contributed by atoms with Crippen molar-refractivity contribution in [2.45, 2.75) is 57.5 Å². The molecule has 4 aliphatic carbocycles. The summed E-state index contributed by atoms with van der Waals surface area (Å²) < 4.78 is 0. The lowest BCUT2D eigenvalue weighted by Gasteiger charge is -2.57. The SMILES string of the molecule is C/C(=C\c1c(Cl)cc(C(=O)Nc2nc(-c3cc(Cl)cs3)c(N3C[C@@H]4CCN(C5C6CC7CC(C6)CC5C7)[C@@H]4C3)s2)cc1Cl)C(=O)O. The number of hydrogen-bond donors (Lipinski definition) is 2. The van der Waals surface area contributed by atoms with Crippen LogP contribution >= 0.6 is 57.5 Å². The van der Waals surface area contributed by atoms with E-state index >= 15 is 0 Å². The van der Waals surface area contributed by atoms with E-state index in [0.717, 1.165) is 58.4 Å². The normalized spacial score (nSPS) is 30.3. The van der Waals surface area contributed by atoms with E-state index in [-0.39, 0.29) is 21.2 Å². The Labute approximate surface area is 291 Å². The Morgan fingerprint density at radius 1 is 1.00 bits per heavy atom. The molecule has 4 heterocycles. The van der Waals surface area contributed by atoms with Gasteiger partial charge in [-0.3, -0.25) is 15.0 Å². The summed E-state index contributed by atoms with van der Waals surface area (Å²) in [6, 6.07) is 6.25. The van der Waals surface area contributed by atoms with Gasteiger partial charge in [-0.05, 0) is 106 Å². The second-order valence-electron chi connectivity index (χ2n) is 13.9. The minimum Gasteiger partial charge on any atom is -0.478 e. The standard InChI is InChI=1S/C34H35Cl3N4O3S2/c1-16(33(43)44)4-24-25(36)10-22(11-26(24)37)31(42)39-34-38-29(28-12-23(35)15-45-28)32(46-34)40-13-19-2-3-41(27(19)14-40)30-20-6-17-5-18(8-20)9-21(30)7-17/h4,10-12,15,17-21,27,30H,2-3,5-9,13-14H2,1H3,(H,43,44)(H,38,39,42)/b16-4+/t17?,18?,19-,20?,21?,27+,30?/m0/s1. The third-order valence-electron chi connectivity index (χ3n) is 11.1. The number of carbonyl (C=O) groups is 2. The Kier molecular flexibility index (Phi) is 8.18. The van der Waals surface area contributed by atoms with Crippen LogP contribution in [0.3, 0.4) is 0 Å². The molecule has 46 heavy (non-hydrogen) atoms. The Bertz CT molecular complexity index is 1700. The Morgan fingerprint density at radius 2 is 1.70 bits per heavy atom. The van der Waals surface area contributed by atoms with E-state index in [2.05, 4.69) is 15.1 Å². The van der Waals surface area contributed by atoms with Crippen molar-refractivity contribution in [3.8, 4) is 10.6 Å². The minimum absolute atomic E-state index is 0.0877. The van der Waals surface area contributed by atoms with Gasteiger partial charge >= 0.3 is 5.97 Å². The molecule has 2 N–H and O–H groups in total. The maximum atomic E-state index is 13.4. The fourth-order valence-electron chi connectivity index (χ4n) is 9.45. The summed E-state index contributed by atoms with van der Waals surface area (Å²) in [5.74, 6) is 2.89. The highest BCUT2D eigenvalue weighted by Gasteiger charge is 2.54. The predicted octanol–water partition coefficient (Wildman–Crippen LogP) is 8.91. The van der Waals surface area contributed by atoms with Crippen molar-refractivity contribution < 1.29 is 14.7 Å². The molecule has 2 atom stereocenters. The van der Waals surface area contributed by atoms with Crippen LogP contribution in [-0.2, 0) is 4.79 Å². The van der Waals surface area contributed by atoms with Gasteiger partial charge in [-0.15, -0.1) is 11.3 Å². The third kappa shape index (κ3) is 5.59. The zero-order chi connectivity index (χ0) is 31.9. The summed E-state index contributed by atoms with van der Waals surface area (Å²) >= 11 is 22.3. The van der Waals surface area contributed by atoms with E-state index in [4.69, 9.17) is 39.8 Å². The average molecular weight is 718 g/mol. The van der Waals surface area contributed by atoms with E-state index in [0.29, 0.717) is 27.7 Å². The number of aliphatic carboxylic acids is 1. The lowest BCUT2D eigenvalue weighted by atomic mass is 9.54. The van der Waals surface area contributed by atoms with Crippen LogP contribution in [0.2, 0.25) is 15.1 Å². The molecule has 7 nitrogen and oxygen atoms in total. The summed E-state index contributed by atoms with van der Waals surface area (Å²) in [5, 5.41) is 16.8. The highest BCUT2D eigenvalue weighted by atomic mass is 35.5. The molecule has 3 aromatic rings. The third-order valence-corrected chi connectivity index (χ3v) is 14.0. The van der Waals surface area contributed by atoms with Crippen LogP contribution < -0.4 is 10.2 Å². The van der Waals surface area contributed by atoms with E-state index in [1.807, 2.05) is 11.4 Å². The van der Waals surface area contributed by atoms with Crippen molar-refractivity contribution in [3.05, 3.63) is 55.3 Å². The Morgan fingerprint density at radius 3 is 2.33 bits per heavy atom. The summed E-state index contributed by atoms with van der Waals surface area (Å²) in [7, 11) is 0. The molecule has 6 fully saturated rings. The average Bonchev–Trinajstić information content (AvgIpc) is 3.79. The van der Waals surface area contributed by atoms with Gasteiger partial charge in [0, 0.05) is 47.3 Å². The first-order chi connectivity index (χ1) is 22.1. The lowest BCUT2D eigenvalue weighted by Crippen LogP contribution is -2.57. The van der Waals surface area contributed by atoms with Gasteiger partial charge in [-0.25, -0.2) is 9.78 Å². The number of carboxylic acid groups (broad SMARTS) is 1. The van der Waals surface area contributed by atoms with Gasteiger partial charge in [0.1, 0.15) is 10.7 Å². The Balaban J connectivity index is 1.04. The largest absolute Gasteiger partial charge is 0.478 e. The maximum absolute atomic E-state index is 13.4. The molecule has 6 aliphatic rings. The van der Waals surface area contributed by atoms with E-state index in [1.165, 1.54) is 81.5 Å². The molecule has 4 bridgehead atoms. The summed E-state index contributed by atoms with van der Waals surface area (Å²) in [6.45, 7) is 4.66. The van der Waals surface area contributed by atoms with Gasteiger partial charge in [-0.2, -0.15) is 0 Å². The number of carboxylic acids is 1. The van der Waals surface area contributed by atoms with E-state index in [1.54, 1.807) is 11.3 Å². The van der Waals surface area contributed by atoms with Gasteiger partial charge in [0.25, 0.3) is 5.91 Å². The van der Waals surface area contributed by atoms with Gasteiger partial charge < -0.3 is 10.0 Å². The number of carbonyl (C=O) groups excluding carboxylic acids is 1. The van der Waals surface area contributed by atoms with Crippen molar-refractivity contribution in [1.29, 1.82) is 0 Å². The van der Waals surface area contributed by atoms with Gasteiger partial charge in [0.15, 0.2) is 5.13 Å². The first kappa shape index (κ1) is 31.1. The highest BCUT2D eigenvalue weighted by Crippen LogP contribution is 2.57. The number of likely N-dealkylation sites (tertiary alicyclic amines) is 1. The lowest BCUT2D eigenvalue weighted by molar-refractivity contribution is -0.132. The number of halogens is 3. The number of thiazole rings is 1. The zero-order valence-electron chi connectivity index (χ0n) is 25.3. The monoisotopic (exact) mass is 716 g/mol. The van der Waals surface area contributed by atoms with E-state index in [9.17, 15) is 14.7 Å². The minimum atomic E-state index is -1.07. The van der Waals surface area contributed by atoms with Gasteiger partial charge in [0.05, 0.1) is 19.9 Å². The van der Waals surface area contributed by atoms with Crippen molar-refractivity contribution in [2.24, 2.45) is 29.6 Å². The molecule has 2 aromatic heterocycles. The van der Waals surface area contributed by atoms with Gasteiger partial charge in [0.2, 0.25) is 0 Å². The number of benzene rings is 1. The van der Waals surface area contributed by atoms with Crippen LogP contribution in [0.25, 0.3) is 16.6 Å². The number of hydrogen-bond acceptors (Lipinski definition) is 7. The zero-order valence-corrected chi connectivity index (χ0v) is 29.2. The van der Waals surface area contributed by atoms with E-state index < -0.39 is 11.9 Å². The molecule has 2 saturated heterocycles. The number of rotatable bonds is 7. The fourth-order valence-corrected chi connectivity index (χ4v) is 12.2. The number of nitrogens with zero attached hydrogens (tertiary/aromatic N) is 3. The van der Waals surface area contributed by atoms with Crippen LogP contribution in [0.5, 0.6) is 0 Å². The topological polar surface area (TPSA) is 85.8 Å². The molecule has 4 saturated carbocycles. The molecule has 0 unspecified atom stereocenters. The summed E-state index contributed by atoms with van der Waals surface area (Å²) in [5.41, 5.74) is 1.55. The summed E-state index contributed by atoms with van der Waals surface area (Å²) in [6.07, 6.45) is 9.88. The molecule has 242 valence electrons. The summed E-state index contributed by atoms with van der Waals surface area (Å²) in [4.78, 5) is 36.0. The first-order valence-corrected chi connectivity index (χ1v) is 18.9. The van der Waals surface area contributed by atoms with Crippen molar-refractivity contribution >= 4 is 85.6 Å². The molecule has 1 amide bonds. The van der Waals surface area contributed by atoms with Crippen LogP contribution in [0.1, 0.15) is 61.4 Å². The number of amides is 1.